The fourth-order valence-electron chi connectivity index (χ4n) is 1.04. The normalized spacial score (nSPS) is 11.0. The zero-order valence-electron chi connectivity index (χ0n) is 7.50. The summed E-state index contributed by atoms with van der Waals surface area (Å²) in [6.45, 7) is 2.14. The van der Waals surface area contributed by atoms with E-state index in [9.17, 15) is 0 Å². The molecule has 1 aromatic rings. The summed E-state index contributed by atoms with van der Waals surface area (Å²) in [5, 5.41) is 0. The van der Waals surface area contributed by atoms with Crippen LogP contribution < -0.4 is 0 Å². The molecular formula is C8H14BrN3. The summed E-state index contributed by atoms with van der Waals surface area (Å²) < 4.78 is 3.02. The van der Waals surface area contributed by atoms with Crippen molar-refractivity contribution in [1.29, 1.82) is 0 Å². The third kappa shape index (κ3) is 2.95. The monoisotopic (exact) mass is 231 g/mol. The van der Waals surface area contributed by atoms with Gasteiger partial charge < -0.3 is 9.47 Å². The molecule has 1 aromatic heterocycles. The minimum absolute atomic E-state index is 0.918. The van der Waals surface area contributed by atoms with Crippen LogP contribution in [0.5, 0.6) is 0 Å². The lowest BCUT2D eigenvalue weighted by Crippen LogP contribution is -2.14. The summed E-state index contributed by atoms with van der Waals surface area (Å²) in [4.78, 5) is 6.27. The average Bonchev–Trinajstić information content (AvgIpc) is 2.36. The second-order valence-electron chi connectivity index (χ2n) is 3.05. The van der Waals surface area contributed by atoms with Crippen molar-refractivity contribution < 1.29 is 0 Å². The van der Waals surface area contributed by atoms with Crippen LogP contribution in [0.3, 0.4) is 0 Å². The largest absolute Gasteiger partial charge is 0.326 e. The molecule has 0 aromatic carbocycles. The van der Waals surface area contributed by atoms with Crippen molar-refractivity contribution >= 4 is 15.9 Å². The Kier molecular flexibility index (Phi) is 3.75. The molecule has 1 rings (SSSR count). The molecule has 4 heteroatoms. The number of aromatic nitrogens is 2. The maximum atomic E-state index is 4.08. The second-order valence-corrected chi connectivity index (χ2v) is 3.76. The van der Waals surface area contributed by atoms with Crippen LogP contribution in [-0.2, 0) is 6.54 Å². The predicted octanol–water partition coefficient (Wildman–Crippen LogP) is 1.60. The molecule has 12 heavy (non-hydrogen) atoms. The summed E-state index contributed by atoms with van der Waals surface area (Å²) >= 11 is 3.37. The maximum absolute atomic E-state index is 4.08. The molecule has 0 aliphatic heterocycles. The van der Waals surface area contributed by atoms with Crippen molar-refractivity contribution in [2.75, 3.05) is 20.6 Å². The van der Waals surface area contributed by atoms with Crippen molar-refractivity contribution in [3.8, 4) is 0 Å². The summed E-state index contributed by atoms with van der Waals surface area (Å²) in [7, 11) is 4.17. The minimum atomic E-state index is 0.918. The third-order valence-electron chi connectivity index (χ3n) is 1.67. The molecule has 0 bridgehead atoms. The van der Waals surface area contributed by atoms with Crippen LogP contribution in [0.2, 0.25) is 0 Å². The average molecular weight is 232 g/mol. The molecular weight excluding hydrogens is 218 g/mol. The first kappa shape index (κ1) is 9.74. The highest BCUT2D eigenvalue weighted by Gasteiger charge is 1.97. The zero-order chi connectivity index (χ0) is 8.97. The van der Waals surface area contributed by atoms with Crippen molar-refractivity contribution in [3.63, 3.8) is 0 Å². The van der Waals surface area contributed by atoms with E-state index >= 15 is 0 Å². The van der Waals surface area contributed by atoms with Crippen LogP contribution in [0.25, 0.3) is 0 Å². The van der Waals surface area contributed by atoms with E-state index in [0.717, 1.165) is 24.2 Å². The van der Waals surface area contributed by atoms with E-state index < -0.39 is 0 Å². The Morgan fingerprint density at radius 1 is 1.58 bits per heavy atom. The van der Waals surface area contributed by atoms with Gasteiger partial charge in [-0.3, -0.25) is 0 Å². The lowest BCUT2D eigenvalue weighted by Gasteiger charge is -2.09. The fraction of sp³-hybridized carbons (Fsp3) is 0.625. The van der Waals surface area contributed by atoms with Gasteiger partial charge in [0.2, 0.25) is 0 Å². The Labute approximate surface area is 81.5 Å². The van der Waals surface area contributed by atoms with Gasteiger partial charge in [0.15, 0.2) is 4.73 Å². The second kappa shape index (κ2) is 4.62. The van der Waals surface area contributed by atoms with Gasteiger partial charge in [0.25, 0.3) is 0 Å². The number of aryl methyl sites for hydroxylation is 1. The number of halogens is 1. The molecule has 0 amide bonds. The Morgan fingerprint density at radius 2 is 2.33 bits per heavy atom. The van der Waals surface area contributed by atoms with Gasteiger partial charge in [0.05, 0.1) is 0 Å². The zero-order valence-corrected chi connectivity index (χ0v) is 9.08. The van der Waals surface area contributed by atoms with E-state index in [1.807, 2.05) is 6.20 Å². The number of nitrogens with zero attached hydrogens (tertiary/aromatic N) is 3. The van der Waals surface area contributed by atoms with Gasteiger partial charge in [-0.25, -0.2) is 4.98 Å². The molecule has 0 saturated carbocycles. The predicted molar refractivity (Wildman–Crippen MR) is 53.1 cm³/mol. The molecule has 0 saturated heterocycles. The number of imidazole rings is 1. The van der Waals surface area contributed by atoms with Crippen LogP contribution >= 0.6 is 15.9 Å². The first-order valence-corrected chi connectivity index (χ1v) is 4.81. The van der Waals surface area contributed by atoms with E-state index in [0.29, 0.717) is 0 Å². The first-order chi connectivity index (χ1) is 5.70. The van der Waals surface area contributed by atoms with Gasteiger partial charge in [-0.15, -0.1) is 0 Å². The Balaban J connectivity index is 2.29. The molecule has 0 N–H and O–H groups in total. The van der Waals surface area contributed by atoms with Gasteiger partial charge in [-0.2, -0.15) is 0 Å². The van der Waals surface area contributed by atoms with Gasteiger partial charge in [0.1, 0.15) is 0 Å². The smallest absolute Gasteiger partial charge is 0.177 e. The Bertz CT molecular complexity index is 232. The quantitative estimate of drug-likeness (QED) is 0.786. The van der Waals surface area contributed by atoms with E-state index in [1.54, 1.807) is 6.20 Å². The Morgan fingerprint density at radius 3 is 2.83 bits per heavy atom. The number of rotatable bonds is 4. The van der Waals surface area contributed by atoms with E-state index in [1.165, 1.54) is 0 Å². The van der Waals surface area contributed by atoms with E-state index in [-0.39, 0.29) is 0 Å². The van der Waals surface area contributed by atoms with Gasteiger partial charge >= 0.3 is 0 Å². The maximum Gasteiger partial charge on any atom is 0.177 e. The molecule has 1 heterocycles. The molecule has 0 aliphatic carbocycles. The van der Waals surface area contributed by atoms with Crippen molar-refractivity contribution in [2.24, 2.45) is 0 Å². The van der Waals surface area contributed by atoms with Crippen LogP contribution in [0, 0.1) is 0 Å². The molecule has 0 radical (unpaired) electrons. The third-order valence-corrected chi connectivity index (χ3v) is 2.33. The highest BCUT2D eigenvalue weighted by Crippen LogP contribution is 2.06. The molecule has 3 nitrogen and oxygen atoms in total. The fourth-order valence-corrected chi connectivity index (χ4v) is 1.45. The molecule has 0 aliphatic rings. The standard InChI is InChI=1S/C8H14BrN3/c1-11(2)5-3-6-12-7-4-10-8(12)9/h4,7H,3,5-6H2,1-2H3. The SMILES string of the molecule is CN(C)CCCn1ccnc1Br. The van der Waals surface area contributed by atoms with Crippen molar-refractivity contribution in [3.05, 3.63) is 17.1 Å². The summed E-state index contributed by atoms with van der Waals surface area (Å²) in [6.07, 6.45) is 4.95. The van der Waals surface area contributed by atoms with Crippen LogP contribution in [0.1, 0.15) is 6.42 Å². The highest BCUT2D eigenvalue weighted by molar-refractivity contribution is 9.10. The first-order valence-electron chi connectivity index (χ1n) is 4.01. The van der Waals surface area contributed by atoms with Gasteiger partial charge in [0, 0.05) is 18.9 Å². The lowest BCUT2D eigenvalue weighted by atomic mass is 10.4. The van der Waals surface area contributed by atoms with Crippen molar-refractivity contribution in [2.45, 2.75) is 13.0 Å². The lowest BCUT2D eigenvalue weighted by molar-refractivity contribution is 0.385. The van der Waals surface area contributed by atoms with Gasteiger partial charge in [-0.05, 0) is 43.0 Å². The number of hydrogen-bond acceptors (Lipinski definition) is 2. The van der Waals surface area contributed by atoms with Gasteiger partial charge in [-0.1, -0.05) is 0 Å². The van der Waals surface area contributed by atoms with Crippen molar-refractivity contribution in [1.82, 2.24) is 14.5 Å². The summed E-state index contributed by atoms with van der Waals surface area (Å²) in [5.74, 6) is 0. The molecule has 68 valence electrons. The summed E-state index contributed by atoms with van der Waals surface area (Å²) in [6, 6.07) is 0. The van der Waals surface area contributed by atoms with Crippen LogP contribution in [0.15, 0.2) is 17.1 Å². The molecule has 0 spiro atoms. The van der Waals surface area contributed by atoms with E-state index in [4.69, 9.17) is 0 Å². The highest BCUT2D eigenvalue weighted by atomic mass is 79.9. The van der Waals surface area contributed by atoms with Crippen LogP contribution in [-0.4, -0.2) is 35.1 Å². The molecule has 0 atom stereocenters. The minimum Gasteiger partial charge on any atom is -0.326 e. The van der Waals surface area contributed by atoms with E-state index in [2.05, 4.69) is 44.5 Å². The topological polar surface area (TPSA) is 21.1 Å². The Hall–Kier alpha value is -0.350. The number of hydrogen-bond donors (Lipinski definition) is 0. The van der Waals surface area contributed by atoms with Crippen LogP contribution in [0.4, 0.5) is 0 Å². The molecule has 0 unspecified atom stereocenters. The molecule has 0 fully saturated rings. The summed E-state index contributed by atoms with van der Waals surface area (Å²) in [5.41, 5.74) is 0.